The number of anilines is 1. The minimum absolute atomic E-state index is 0.108. The number of hydrogen-bond acceptors (Lipinski definition) is 4. The van der Waals surface area contributed by atoms with Gasteiger partial charge < -0.3 is 20.8 Å². The Labute approximate surface area is 136 Å². The second-order valence-electron chi connectivity index (χ2n) is 5.29. The Morgan fingerprint density at radius 2 is 1.74 bits per heavy atom. The van der Waals surface area contributed by atoms with Crippen LogP contribution in [0.4, 0.5) is 5.69 Å². The fourth-order valence-corrected chi connectivity index (χ4v) is 2.11. The molecule has 4 N–H and O–H groups in total. The predicted octanol–water partition coefficient (Wildman–Crippen LogP) is 1.42. The number of carbonyl (C=O) groups excluding carboxylic acids is 1. The molecule has 5 heteroatoms. The lowest BCUT2D eigenvalue weighted by atomic mass is 10.1. The fraction of sp³-hybridized carbons (Fsp3) is 0.278. The first-order chi connectivity index (χ1) is 11.2. The van der Waals surface area contributed by atoms with Crippen LogP contribution < -0.4 is 10.6 Å². The molecule has 0 aliphatic heterocycles. The molecule has 2 aromatic rings. The van der Waals surface area contributed by atoms with Gasteiger partial charge in [-0.2, -0.15) is 0 Å². The zero-order chi connectivity index (χ0) is 16.5. The standard InChI is InChI=1S/C18H22N2O3/c21-13-17(22)12-20-16-8-6-15(7-9-16)18(23)19-11-10-14-4-2-1-3-5-14/h1-9,17,20-22H,10-13H2,(H,19,23). The lowest BCUT2D eigenvalue weighted by Crippen LogP contribution is -2.25. The Balaban J connectivity index is 1.78. The molecule has 0 aromatic heterocycles. The van der Waals surface area contributed by atoms with E-state index in [1.807, 2.05) is 30.3 Å². The Bertz CT molecular complexity index is 599. The zero-order valence-corrected chi connectivity index (χ0v) is 12.9. The van der Waals surface area contributed by atoms with Gasteiger partial charge in [-0.05, 0) is 36.2 Å². The highest BCUT2D eigenvalue weighted by Crippen LogP contribution is 2.09. The van der Waals surface area contributed by atoms with Gasteiger partial charge in [0, 0.05) is 24.3 Å². The van der Waals surface area contributed by atoms with Crippen molar-refractivity contribution in [2.24, 2.45) is 0 Å². The van der Waals surface area contributed by atoms with E-state index in [-0.39, 0.29) is 19.1 Å². The third kappa shape index (κ3) is 5.73. The monoisotopic (exact) mass is 314 g/mol. The molecular weight excluding hydrogens is 292 g/mol. The highest BCUT2D eigenvalue weighted by molar-refractivity contribution is 5.94. The normalized spacial score (nSPS) is 11.7. The Morgan fingerprint density at radius 3 is 2.39 bits per heavy atom. The van der Waals surface area contributed by atoms with Crippen LogP contribution in [-0.2, 0) is 6.42 Å². The topological polar surface area (TPSA) is 81.6 Å². The number of amides is 1. The summed E-state index contributed by atoms with van der Waals surface area (Å²) in [4.78, 5) is 12.1. The van der Waals surface area contributed by atoms with Crippen LogP contribution in [0.5, 0.6) is 0 Å². The van der Waals surface area contributed by atoms with Crippen LogP contribution in [0.25, 0.3) is 0 Å². The molecule has 1 amide bonds. The molecule has 0 bridgehead atoms. The summed E-state index contributed by atoms with van der Waals surface area (Å²) < 4.78 is 0. The van der Waals surface area contributed by atoms with Crippen molar-refractivity contribution in [1.82, 2.24) is 5.32 Å². The number of benzene rings is 2. The van der Waals surface area contributed by atoms with Gasteiger partial charge in [-0.3, -0.25) is 4.79 Å². The maximum absolute atomic E-state index is 12.1. The molecule has 0 aliphatic carbocycles. The maximum atomic E-state index is 12.1. The van der Waals surface area contributed by atoms with Gasteiger partial charge in [-0.15, -0.1) is 0 Å². The van der Waals surface area contributed by atoms with Crippen molar-refractivity contribution in [3.8, 4) is 0 Å². The summed E-state index contributed by atoms with van der Waals surface area (Å²) in [6.45, 7) is 0.569. The number of carbonyl (C=O) groups is 1. The van der Waals surface area contributed by atoms with Crippen molar-refractivity contribution < 1.29 is 15.0 Å². The van der Waals surface area contributed by atoms with Crippen LogP contribution in [0.3, 0.4) is 0 Å². The summed E-state index contributed by atoms with van der Waals surface area (Å²) in [6, 6.07) is 17.0. The van der Waals surface area contributed by atoms with Crippen LogP contribution in [0.15, 0.2) is 54.6 Å². The van der Waals surface area contributed by atoms with E-state index >= 15 is 0 Å². The molecule has 0 aliphatic rings. The van der Waals surface area contributed by atoms with Crippen molar-refractivity contribution in [2.45, 2.75) is 12.5 Å². The third-order valence-corrected chi connectivity index (χ3v) is 3.44. The largest absolute Gasteiger partial charge is 0.394 e. The molecular formula is C18H22N2O3. The van der Waals surface area contributed by atoms with Crippen LogP contribution in [0.1, 0.15) is 15.9 Å². The van der Waals surface area contributed by atoms with E-state index in [1.54, 1.807) is 24.3 Å². The maximum Gasteiger partial charge on any atom is 0.251 e. The second-order valence-corrected chi connectivity index (χ2v) is 5.29. The summed E-state index contributed by atoms with van der Waals surface area (Å²) in [5, 5.41) is 23.9. The van der Waals surface area contributed by atoms with Crippen LogP contribution in [-0.4, -0.2) is 41.9 Å². The Hall–Kier alpha value is -2.37. The van der Waals surface area contributed by atoms with Gasteiger partial charge in [0.2, 0.25) is 0 Å². The molecule has 5 nitrogen and oxygen atoms in total. The minimum atomic E-state index is -0.795. The van der Waals surface area contributed by atoms with Crippen LogP contribution >= 0.6 is 0 Å². The lowest BCUT2D eigenvalue weighted by Gasteiger charge is -2.11. The van der Waals surface area contributed by atoms with Crippen molar-refractivity contribution in [1.29, 1.82) is 0 Å². The van der Waals surface area contributed by atoms with E-state index in [4.69, 9.17) is 5.11 Å². The third-order valence-electron chi connectivity index (χ3n) is 3.44. The van der Waals surface area contributed by atoms with E-state index in [0.29, 0.717) is 12.1 Å². The van der Waals surface area contributed by atoms with Crippen molar-refractivity contribution >= 4 is 11.6 Å². The summed E-state index contributed by atoms with van der Waals surface area (Å²) in [7, 11) is 0. The predicted molar refractivity (Wildman–Crippen MR) is 90.5 cm³/mol. The quantitative estimate of drug-likeness (QED) is 0.594. The number of nitrogens with one attached hydrogen (secondary N) is 2. The summed E-state index contributed by atoms with van der Waals surface area (Å²) in [5.74, 6) is -0.108. The first kappa shape index (κ1) is 17.0. The van der Waals surface area contributed by atoms with Crippen molar-refractivity contribution in [3.63, 3.8) is 0 Å². The number of aliphatic hydroxyl groups is 2. The Morgan fingerprint density at radius 1 is 1.04 bits per heavy atom. The molecule has 0 heterocycles. The van der Waals surface area contributed by atoms with Crippen molar-refractivity contribution in [2.75, 3.05) is 25.0 Å². The van der Waals surface area contributed by atoms with Gasteiger partial charge in [0.1, 0.15) is 0 Å². The van der Waals surface area contributed by atoms with E-state index in [9.17, 15) is 9.90 Å². The average molecular weight is 314 g/mol. The van der Waals surface area contributed by atoms with Gasteiger partial charge in [0.05, 0.1) is 12.7 Å². The molecule has 0 saturated carbocycles. The molecule has 0 radical (unpaired) electrons. The van der Waals surface area contributed by atoms with Gasteiger partial charge in [-0.1, -0.05) is 30.3 Å². The minimum Gasteiger partial charge on any atom is -0.394 e. The van der Waals surface area contributed by atoms with E-state index in [1.165, 1.54) is 5.56 Å². The first-order valence-electron chi connectivity index (χ1n) is 7.64. The second kappa shape index (κ2) is 8.92. The molecule has 2 rings (SSSR count). The lowest BCUT2D eigenvalue weighted by molar-refractivity contribution is 0.0954. The molecule has 0 spiro atoms. The fourth-order valence-electron chi connectivity index (χ4n) is 2.11. The molecule has 0 saturated heterocycles. The van der Waals surface area contributed by atoms with E-state index in [0.717, 1.165) is 12.1 Å². The van der Waals surface area contributed by atoms with Crippen LogP contribution in [0, 0.1) is 0 Å². The summed E-state index contributed by atoms with van der Waals surface area (Å²) in [5.41, 5.74) is 2.57. The van der Waals surface area contributed by atoms with Crippen LogP contribution in [0.2, 0.25) is 0 Å². The summed E-state index contributed by atoms with van der Waals surface area (Å²) in [6.07, 6.45) is 0.00149. The van der Waals surface area contributed by atoms with E-state index < -0.39 is 6.10 Å². The number of rotatable bonds is 8. The SMILES string of the molecule is O=C(NCCc1ccccc1)c1ccc(NCC(O)CO)cc1. The average Bonchev–Trinajstić information content (AvgIpc) is 2.61. The van der Waals surface area contributed by atoms with Gasteiger partial charge in [-0.25, -0.2) is 0 Å². The molecule has 2 aromatic carbocycles. The van der Waals surface area contributed by atoms with Gasteiger partial charge in [0.25, 0.3) is 5.91 Å². The molecule has 23 heavy (non-hydrogen) atoms. The molecule has 122 valence electrons. The molecule has 1 unspecified atom stereocenters. The van der Waals surface area contributed by atoms with E-state index in [2.05, 4.69) is 10.6 Å². The van der Waals surface area contributed by atoms with Gasteiger partial charge >= 0.3 is 0 Å². The zero-order valence-electron chi connectivity index (χ0n) is 12.9. The first-order valence-corrected chi connectivity index (χ1v) is 7.64. The number of aliphatic hydroxyl groups excluding tert-OH is 2. The molecule has 0 fully saturated rings. The molecule has 1 atom stereocenters. The highest BCUT2D eigenvalue weighted by Gasteiger charge is 2.06. The smallest absolute Gasteiger partial charge is 0.251 e. The summed E-state index contributed by atoms with van der Waals surface area (Å²) >= 11 is 0. The van der Waals surface area contributed by atoms with Crippen molar-refractivity contribution in [3.05, 3.63) is 65.7 Å². The number of hydrogen-bond donors (Lipinski definition) is 4. The Kier molecular flexibility index (Phi) is 6.59. The van der Waals surface area contributed by atoms with Gasteiger partial charge in [0.15, 0.2) is 0 Å². The highest BCUT2D eigenvalue weighted by atomic mass is 16.3.